The Balaban J connectivity index is 2.19. The summed E-state index contributed by atoms with van der Waals surface area (Å²) in [6, 6.07) is 3.30. The van der Waals surface area contributed by atoms with Gasteiger partial charge in [0, 0.05) is 38.9 Å². The summed E-state index contributed by atoms with van der Waals surface area (Å²) in [5, 5.41) is 9.42. The van der Waals surface area contributed by atoms with E-state index in [1.165, 1.54) is 14.2 Å². The number of amides is 1. The molecule has 1 heterocycles. The molecule has 2 rings (SSSR count). The molecule has 1 aromatic rings. The van der Waals surface area contributed by atoms with Crippen LogP contribution in [0, 0.1) is 0 Å². The SMILES string of the molecule is COCc1c(C(=O)O)ccc(N2CCN(C(=O)OC(C)(C)C)CC2)c1OC. The van der Waals surface area contributed by atoms with Crippen molar-refractivity contribution in [2.45, 2.75) is 33.0 Å². The van der Waals surface area contributed by atoms with Gasteiger partial charge >= 0.3 is 12.1 Å². The topological polar surface area (TPSA) is 88.5 Å². The van der Waals surface area contributed by atoms with Crippen LogP contribution in [-0.4, -0.2) is 68.1 Å². The van der Waals surface area contributed by atoms with Crippen LogP contribution >= 0.6 is 0 Å². The van der Waals surface area contributed by atoms with Crippen LogP contribution in [0.1, 0.15) is 36.7 Å². The lowest BCUT2D eigenvalue weighted by atomic mass is 10.0. The molecular formula is C19H28N2O6. The largest absolute Gasteiger partial charge is 0.494 e. The van der Waals surface area contributed by atoms with Crippen LogP contribution in [-0.2, 0) is 16.1 Å². The van der Waals surface area contributed by atoms with Gasteiger partial charge in [-0.2, -0.15) is 0 Å². The second kappa shape index (κ2) is 8.47. The number of anilines is 1. The Kier molecular flexibility index (Phi) is 6.54. The Morgan fingerprint density at radius 1 is 1.11 bits per heavy atom. The van der Waals surface area contributed by atoms with Crippen molar-refractivity contribution in [3.05, 3.63) is 23.3 Å². The molecule has 8 heteroatoms. The molecule has 0 atom stereocenters. The first-order chi connectivity index (χ1) is 12.7. The number of ether oxygens (including phenoxy) is 3. The minimum Gasteiger partial charge on any atom is -0.494 e. The van der Waals surface area contributed by atoms with Gasteiger partial charge in [-0.15, -0.1) is 0 Å². The third-order valence-corrected chi connectivity index (χ3v) is 4.23. The number of aromatic carboxylic acids is 1. The van der Waals surface area contributed by atoms with Crippen LogP contribution in [0.15, 0.2) is 12.1 Å². The zero-order valence-corrected chi connectivity index (χ0v) is 16.6. The number of methoxy groups -OCH3 is 2. The van der Waals surface area contributed by atoms with Crippen molar-refractivity contribution in [3.8, 4) is 5.75 Å². The first kappa shape index (κ1) is 20.8. The van der Waals surface area contributed by atoms with Gasteiger partial charge in [0.2, 0.25) is 0 Å². The number of nitrogens with zero attached hydrogens (tertiary/aromatic N) is 2. The average molecular weight is 380 g/mol. The number of carbonyl (C=O) groups excluding carboxylic acids is 1. The van der Waals surface area contributed by atoms with E-state index in [1.807, 2.05) is 20.8 Å². The standard InChI is InChI=1S/C19H28N2O6/c1-19(2,3)27-18(24)21-10-8-20(9-11-21)15-7-6-13(17(22)23)14(12-25-4)16(15)26-5/h6-7H,8-12H2,1-5H3,(H,22,23). The number of rotatable bonds is 5. The fourth-order valence-corrected chi connectivity index (χ4v) is 3.04. The van der Waals surface area contributed by atoms with Crippen LogP contribution in [0.5, 0.6) is 5.75 Å². The van der Waals surface area contributed by atoms with Crippen LogP contribution in [0.4, 0.5) is 10.5 Å². The van der Waals surface area contributed by atoms with Crippen molar-refractivity contribution < 1.29 is 28.9 Å². The molecule has 1 aromatic carbocycles. The number of carboxylic acid groups (broad SMARTS) is 1. The van der Waals surface area contributed by atoms with E-state index >= 15 is 0 Å². The zero-order chi connectivity index (χ0) is 20.2. The molecule has 0 spiro atoms. The maximum Gasteiger partial charge on any atom is 0.410 e. The molecule has 1 amide bonds. The van der Waals surface area contributed by atoms with E-state index < -0.39 is 11.6 Å². The summed E-state index contributed by atoms with van der Waals surface area (Å²) < 4.78 is 16.1. The molecule has 0 unspecified atom stereocenters. The molecule has 8 nitrogen and oxygen atoms in total. The van der Waals surface area contributed by atoms with E-state index in [0.29, 0.717) is 37.5 Å². The third kappa shape index (κ3) is 5.03. The van der Waals surface area contributed by atoms with E-state index in [4.69, 9.17) is 14.2 Å². The van der Waals surface area contributed by atoms with E-state index in [1.54, 1.807) is 17.0 Å². The Morgan fingerprint density at radius 2 is 1.74 bits per heavy atom. The molecule has 0 aliphatic carbocycles. The van der Waals surface area contributed by atoms with Crippen LogP contribution < -0.4 is 9.64 Å². The van der Waals surface area contributed by atoms with E-state index in [-0.39, 0.29) is 18.3 Å². The van der Waals surface area contributed by atoms with Crippen molar-refractivity contribution >= 4 is 17.7 Å². The van der Waals surface area contributed by atoms with E-state index in [0.717, 1.165) is 5.69 Å². The van der Waals surface area contributed by atoms with Gasteiger partial charge in [-0.1, -0.05) is 0 Å². The summed E-state index contributed by atoms with van der Waals surface area (Å²) in [7, 11) is 3.03. The molecule has 0 bridgehead atoms. The summed E-state index contributed by atoms with van der Waals surface area (Å²) >= 11 is 0. The monoisotopic (exact) mass is 380 g/mol. The van der Waals surface area contributed by atoms with Crippen molar-refractivity contribution in [3.63, 3.8) is 0 Å². The number of hydrogen-bond acceptors (Lipinski definition) is 6. The van der Waals surface area contributed by atoms with Crippen molar-refractivity contribution in [2.75, 3.05) is 45.3 Å². The molecule has 0 saturated carbocycles. The minimum atomic E-state index is -1.03. The fourth-order valence-electron chi connectivity index (χ4n) is 3.04. The van der Waals surface area contributed by atoms with Gasteiger partial charge in [0.15, 0.2) is 0 Å². The highest BCUT2D eigenvalue weighted by atomic mass is 16.6. The number of benzene rings is 1. The summed E-state index contributed by atoms with van der Waals surface area (Å²) in [4.78, 5) is 27.5. The molecular weight excluding hydrogens is 352 g/mol. The maximum atomic E-state index is 12.2. The first-order valence-electron chi connectivity index (χ1n) is 8.83. The van der Waals surface area contributed by atoms with E-state index in [2.05, 4.69) is 4.90 Å². The summed E-state index contributed by atoms with van der Waals surface area (Å²) in [6.45, 7) is 7.87. The quantitative estimate of drug-likeness (QED) is 0.840. The van der Waals surface area contributed by atoms with Crippen molar-refractivity contribution in [2.24, 2.45) is 0 Å². The van der Waals surface area contributed by atoms with Crippen LogP contribution in [0.3, 0.4) is 0 Å². The molecule has 1 aliphatic heterocycles. The van der Waals surface area contributed by atoms with Crippen LogP contribution in [0.25, 0.3) is 0 Å². The first-order valence-corrected chi connectivity index (χ1v) is 8.83. The van der Waals surface area contributed by atoms with Gasteiger partial charge < -0.3 is 29.1 Å². The molecule has 150 valence electrons. The second-order valence-corrected chi connectivity index (χ2v) is 7.34. The Morgan fingerprint density at radius 3 is 2.22 bits per heavy atom. The zero-order valence-electron chi connectivity index (χ0n) is 16.6. The highest BCUT2D eigenvalue weighted by Gasteiger charge is 2.28. The predicted molar refractivity (Wildman–Crippen MR) is 101 cm³/mol. The van der Waals surface area contributed by atoms with Crippen LogP contribution in [0.2, 0.25) is 0 Å². The summed E-state index contributed by atoms with van der Waals surface area (Å²) in [6.07, 6.45) is -0.324. The maximum absolute atomic E-state index is 12.2. The van der Waals surface area contributed by atoms with Gasteiger partial charge in [0.05, 0.1) is 25.0 Å². The van der Waals surface area contributed by atoms with Gasteiger partial charge in [-0.05, 0) is 32.9 Å². The normalized spacial score (nSPS) is 14.9. The van der Waals surface area contributed by atoms with Gasteiger partial charge in [-0.25, -0.2) is 9.59 Å². The number of hydrogen-bond donors (Lipinski definition) is 1. The molecule has 1 aliphatic rings. The smallest absolute Gasteiger partial charge is 0.410 e. The average Bonchev–Trinajstić information content (AvgIpc) is 2.60. The third-order valence-electron chi connectivity index (χ3n) is 4.23. The predicted octanol–water partition coefficient (Wildman–Crippen LogP) is 2.60. The Labute approximate surface area is 159 Å². The van der Waals surface area contributed by atoms with Gasteiger partial charge in [-0.3, -0.25) is 0 Å². The lowest BCUT2D eigenvalue weighted by molar-refractivity contribution is 0.0240. The molecule has 1 N–H and O–H groups in total. The lowest BCUT2D eigenvalue weighted by Gasteiger charge is -2.37. The lowest BCUT2D eigenvalue weighted by Crippen LogP contribution is -2.50. The highest BCUT2D eigenvalue weighted by Crippen LogP contribution is 2.35. The number of piperazine rings is 1. The number of carbonyl (C=O) groups is 2. The summed E-state index contributed by atoms with van der Waals surface area (Å²) in [5.74, 6) is -0.538. The highest BCUT2D eigenvalue weighted by molar-refractivity contribution is 5.91. The molecule has 0 aromatic heterocycles. The van der Waals surface area contributed by atoms with Gasteiger partial charge in [0.25, 0.3) is 0 Å². The fraction of sp³-hybridized carbons (Fsp3) is 0.579. The number of carboxylic acids is 1. The molecule has 27 heavy (non-hydrogen) atoms. The van der Waals surface area contributed by atoms with Crippen molar-refractivity contribution in [1.82, 2.24) is 4.90 Å². The Bertz CT molecular complexity index is 690. The summed E-state index contributed by atoms with van der Waals surface area (Å²) in [5.41, 5.74) is 0.918. The van der Waals surface area contributed by atoms with Crippen molar-refractivity contribution in [1.29, 1.82) is 0 Å². The molecule has 1 saturated heterocycles. The second-order valence-electron chi connectivity index (χ2n) is 7.34. The minimum absolute atomic E-state index is 0.135. The van der Waals surface area contributed by atoms with Gasteiger partial charge in [0.1, 0.15) is 11.4 Å². The Hall–Kier alpha value is -2.48. The van der Waals surface area contributed by atoms with E-state index in [9.17, 15) is 14.7 Å². The molecule has 0 radical (unpaired) electrons. The molecule has 1 fully saturated rings.